The molecule has 1 atom stereocenters. The summed E-state index contributed by atoms with van der Waals surface area (Å²) in [4.78, 5) is 23.8. The summed E-state index contributed by atoms with van der Waals surface area (Å²) >= 11 is 0. The summed E-state index contributed by atoms with van der Waals surface area (Å²) in [7, 11) is 0. The fourth-order valence-corrected chi connectivity index (χ4v) is 3.43. The smallest absolute Gasteiger partial charge is 0.227 e. The molecule has 1 aliphatic heterocycles. The van der Waals surface area contributed by atoms with Crippen LogP contribution in [-0.2, 0) is 22.4 Å². The number of hydrogen-bond acceptors (Lipinski definition) is 5. The summed E-state index contributed by atoms with van der Waals surface area (Å²) in [5, 5.41) is 2.70. The second kappa shape index (κ2) is 7.37. The van der Waals surface area contributed by atoms with Gasteiger partial charge in [0.05, 0.1) is 18.9 Å². The summed E-state index contributed by atoms with van der Waals surface area (Å²) in [6, 6.07) is 6.22. The summed E-state index contributed by atoms with van der Waals surface area (Å²) in [5.41, 5.74) is 2.24. The van der Waals surface area contributed by atoms with Gasteiger partial charge >= 0.3 is 0 Å². The Balaban J connectivity index is 1.44. The molecule has 0 saturated carbocycles. The van der Waals surface area contributed by atoms with Gasteiger partial charge in [-0.25, -0.2) is 14.4 Å². The van der Waals surface area contributed by atoms with Crippen molar-refractivity contribution in [1.82, 2.24) is 9.97 Å². The molecule has 0 spiro atoms. The van der Waals surface area contributed by atoms with Crippen LogP contribution in [0.1, 0.15) is 17.7 Å². The van der Waals surface area contributed by atoms with Crippen molar-refractivity contribution in [3.63, 3.8) is 0 Å². The summed E-state index contributed by atoms with van der Waals surface area (Å²) in [6.45, 7) is 2.98. The number of hydrogen-bond donors (Lipinski definition) is 1. The van der Waals surface area contributed by atoms with Gasteiger partial charge in [-0.1, -0.05) is 12.1 Å². The van der Waals surface area contributed by atoms with Crippen LogP contribution >= 0.6 is 0 Å². The summed E-state index contributed by atoms with van der Waals surface area (Å²) in [5.74, 6) is -0.0326. The van der Waals surface area contributed by atoms with Crippen molar-refractivity contribution < 1.29 is 13.9 Å². The number of benzene rings is 1. The van der Waals surface area contributed by atoms with Crippen molar-refractivity contribution in [3.05, 3.63) is 47.5 Å². The molecule has 136 valence electrons. The maximum atomic E-state index is 13.7. The minimum atomic E-state index is -0.421. The van der Waals surface area contributed by atoms with Gasteiger partial charge in [-0.05, 0) is 37.0 Å². The number of anilines is 2. The zero-order valence-corrected chi connectivity index (χ0v) is 14.4. The van der Waals surface area contributed by atoms with Gasteiger partial charge in [-0.3, -0.25) is 4.79 Å². The topological polar surface area (TPSA) is 67.4 Å². The molecule has 6 nitrogen and oxygen atoms in total. The Kier molecular flexibility index (Phi) is 4.79. The predicted octanol–water partition coefficient (Wildman–Crippen LogP) is 2.20. The van der Waals surface area contributed by atoms with E-state index >= 15 is 0 Å². The highest BCUT2D eigenvalue weighted by atomic mass is 19.1. The lowest BCUT2D eigenvalue weighted by molar-refractivity contribution is -0.120. The highest BCUT2D eigenvalue weighted by Gasteiger charge is 2.27. The van der Waals surface area contributed by atoms with Crippen LogP contribution in [0.25, 0.3) is 0 Å². The number of carbonyl (C=O) groups is 1. The Hall–Kier alpha value is -2.54. The Morgan fingerprint density at radius 2 is 2.08 bits per heavy atom. The molecule has 1 fully saturated rings. The first-order valence-electron chi connectivity index (χ1n) is 8.93. The number of aryl methyl sites for hydroxylation is 1. The van der Waals surface area contributed by atoms with Crippen LogP contribution in [0.4, 0.5) is 16.0 Å². The van der Waals surface area contributed by atoms with Gasteiger partial charge in [0.2, 0.25) is 11.9 Å². The van der Waals surface area contributed by atoms with Crippen LogP contribution in [0.2, 0.25) is 0 Å². The van der Waals surface area contributed by atoms with E-state index in [2.05, 4.69) is 15.2 Å². The molecule has 1 saturated heterocycles. The van der Waals surface area contributed by atoms with Crippen LogP contribution in [0, 0.1) is 11.7 Å². The molecule has 1 aromatic carbocycles. The Morgan fingerprint density at radius 3 is 2.88 bits per heavy atom. The fourth-order valence-electron chi connectivity index (χ4n) is 3.43. The van der Waals surface area contributed by atoms with Crippen molar-refractivity contribution in [2.24, 2.45) is 5.92 Å². The molecule has 2 heterocycles. The number of fused-ring (bicyclic) bond motifs is 1. The third-order valence-electron chi connectivity index (χ3n) is 4.93. The highest BCUT2D eigenvalue weighted by molar-refractivity contribution is 5.93. The monoisotopic (exact) mass is 356 g/mol. The molecule has 4 rings (SSSR count). The van der Waals surface area contributed by atoms with E-state index in [9.17, 15) is 9.18 Å². The lowest BCUT2D eigenvalue weighted by atomic mass is 9.86. The van der Waals surface area contributed by atoms with Gasteiger partial charge < -0.3 is 15.0 Å². The average molecular weight is 356 g/mol. The molecule has 7 heteroatoms. The second-order valence-electron chi connectivity index (χ2n) is 6.65. The molecule has 1 aromatic heterocycles. The van der Waals surface area contributed by atoms with E-state index in [1.54, 1.807) is 18.2 Å². The van der Waals surface area contributed by atoms with E-state index in [4.69, 9.17) is 9.72 Å². The molecule has 1 amide bonds. The first-order chi connectivity index (χ1) is 12.7. The van der Waals surface area contributed by atoms with Crippen LogP contribution in [-0.4, -0.2) is 42.2 Å². The second-order valence-corrected chi connectivity index (χ2v) is 6.65. The number of halogens is 1. The molecular weight excluding hydrogens is 335 g/mol. The zero-order valence-electron chi connectivity index (χ0n) is 14.4. The SMILES string of the molecule is O=C(Nc1ccccc1F)[C@H]1CCc2nc(N3CCOCC3)ncc2C1. The molecule has 2 aromatic rings. The van der Waals surface area contributed by atoms with E-state index in [1.165, 1.54) is 6.07 Å². The van der Waals surface area contributed by atoms with Crippen molar-refractivity contribution in [2.45, 2.75) is 19.3 Å². The van der Waals surface area contributed by atoms with Crippen LogP contribution in [0.15, 0.2) is 30.5 Å². The summed E-state index contributed by atoms with van der Waals surface area (Å²) < 4.78 is 19.1. The lowest BCUT2D eigenvalue weighted by Crippen LogP contribution is -2.38. The Bertz CT molecular complexity index is 808. The number of rotatable bonds is 3. The van der Waals surface area contributed by atoms with Crippen molar-refractivity contribution in [1.29, 1.82) is 0 Å². The molecule has 1 aliphatic carbocycles. The molecule has 0 radical (unpaired) electrons. The third-order valence-corrected chi connectivity index (χ3v) is 4.93. The molecule has 26 heavy (non-hydrogen) atoms. The molecule has 2 aliphatic rings. The largest absolute Gasteiger partial charge is 0.378 e. The Labute approximate surface area is 151 Å². The van der Waals surface area contributed by atoms with Gasteiger partial charge in [0.25, 0.3) is 0 Å². The van der Waals surface area contributed by atoms with E-state index in [1.807, 2.05) is 6.20 Å². The Morgan fingerprint density at radius 1 is 1.27 bits per heavy atom. The minimum Gasteiger partial charge on any atom is -0.378 e. The standard InChI is InChI=1S/C19H21FN4O2/c20-15-3-1-2-4-17(15)22-18(25)13-5-6-16-14(11-13)12-21-19(23-16)24-7-9-26-10-8-24/h1-4,12-13H,5-11H2,(H,22,25)/t13-/m0/s1. The summed E-state index contributed by atoms with van der Waals surface area (Å²) in [6.07, 6.45) is 3.84. The van der Waals surface area contributed by atoms with E-state index in [-0.39, 0.29) is 17.5 Å². The number of nitrogens with one attached hydrogen (secondary N) is 1. The van der Waals surface area contributed by atoms with E-state index in [0.29, 0.717) is 26.1 Å². The third kappa shape index (κ3) is 3.53. The van der Waals surface area contributed by atoms with E-state index < -0.39 is 5.82 Å². The normalized spacial score (nSPS) is 19.7. The predicted molar refractivity (Wildman–Crippen MR) is 95.6 cm³/mol. The van der Waals surface area contributed by atoms with Crippen molar-refractivity contribution in [3.8, 4) is 0 Å². The number of aromatic nitrogens is 2. The number of para-hydroxylation sites is 1. The molecular formula is C19H21FN4O2. The number of ether oxygens (including phenoxy) is 1. The first-order valence-corrected chi connectivity index (χ1v) is 8.93. The van der Waals surface area contributed by atoms with Gasteiger partial charge in [0.15, 0.2) is 0 Å². The maximum Gasteiger partial charge on any atom is 0.227 e. The zero-order chi connectivity index (χ0) is 17.9. The number of nitrogens with zero attached hydrogens (tertiary/aromatic N) is 3. The van der Waals surface area contributed by atoms with Gasteiger partial charge in [-0.15, -0.1) is 0 Å². The van der Waals surface area contributed by atoms with Crippen molar-refractivity contribution in [2.75, 3.05) is 36.5 Å². The van der Waals surface area contributed by atoms with Crippen LogP contribution < -0.4 is 10.2 Å². The van der Waals surface area contributed by atoms with Crippen LogP contribution in [0.3, 0.4) is 0 Å². The van der Waals surface area contributed by atoms with Gasteiger partial charge in [0, 0.05) is 30.9 Å². The fraction of sp³-hybridized carbons (Fsp3) is 0.421. The van der Waals surface area contributed by atoms with E-state index in [0.717, 1.165) is 36.7 Å². The minimum absolute atomic E-state index is 0.155. The van der Waals surface area contributed by atoms with Gasteiger partial charge in [0.1, 0.15) is 5.82 Å². The first kappa shape index (κ1) is 16.9. The molecule has 0 unspecified atom stereocenters. The maximum absolute atomic E-state index is 13.7. The lowest BCUT2D eigenvalue weighted by Gasteiger charge is -2.28. The number of morpholine rings is 1. The number of carbonyl (C=O) groups excluding carboxylic acids is 1. The molecule has 0 bridgehead atoms. The quantitative estimate of drug-likeness (QED) is 0.913. The number of amides is 1. The van der Waals surface area contributed by atoms with Crippen molar-refractivity contribution >= 4 is 17.5 Å². The van der Waals surface area contributed by atoms with Crippen LogP contribution in [0.5, 0.6) is 0 Å². The average Bonchev–Trinajstić information content (AvgIpc) is 2.69. The molecule has 1 N–H and O–H groups in total. The highest BCUT2D eigenvalue weighted by Crippen LogP contribution is 2.27. The van der Waals surface area contributed by atoms with Gasteiger partial charge in [-0.2, -0.15) is 0 Å².